The maximum Gasteiger partial charge on any atom is 0.256 e. The van der Waals surface area contributed by atoms with Crippen molar-refractivity contribution in [3.8, 4) is 0 Å². The van der Waals surface area contributed by atoms with Crippen LogP contribution in [-0.2, 0) is 15.0 Å². The molecule has 0 spiro atoms. The number of nitrogens with zero attached hydrogens (tertiary/aromatic N) is 2. The number of pyridine rings is 1. The highest BCUT2D eigenvalue weighted by atomic mass is 16.2. The number of amides is 4. The molecular weight excluding hydrogens is 458 g/mol. The monoisotopic (exact) mass is 485 g/mol. The van der Waals surface area contributed by atoms with E-state index in [-0.39, 0.29) is 23.6 Å². The first-order valence-corrected chi connectivity index (χ1v) is 11.4. The highest BCUT2D eigenvalue weighted by molar-refractivity contribution is 6.11. The van der Waals surface area contributed by atoms with Gasteiger partial charge in [0.15, 0.2) is 0 Å². The summed E-state index contributed by atoms with van der Waals surface area (Å²) in [5.74, 6) is -0.586. The SMILES string of the molecule is CC(=O)Nc1ccc(NC(=O)c2cc(NC(=O)c3ccc4c(c3)C(C)(C)C(=O)N4C)ccc2C)cn1. The Kier molecular flexibility index (Phi) is 6.32. The van der Waals surface area contributed by atoms with E-state index in [1.807, 2.05) is 13.8 Å². The molecule has 4 amide bonds. The van der Waals surface area contributed by atoms with E-state index in [9.17, 15) is 19.2 Å². The van der Waals surface area contributed by atoms with Crippen molar-refractivity contribution in [3.63, 3.8) is 0 Å². The first kappa shape index (κ1) is 24.6. The number of anilines is 4. The van der Waals surface area contributed by atoms with Crippen molar-refractivity contribution in [2.24, 2.45) is 0 Å². The molecule has 1 aliphatic rings. The Bertz CT molecular complexity index is 1400. The van der Waals surface area contributed by atoms with Crippen LogP contribution in [-0.4, -0.2) is 35.7 Å². The van der Waals surface area contributed by atoms with Crippen molar-refractivity contribution in [2.45, 2.75) is 33.1 Å². The molecular formula is C27H27N5O4. The third kappa shape index (κ3) is 4.68. The van der Waals surface area contributed by atoms with E-state index in [1.54, 1.807) is 67.4 Å². The minimum Gasteiger partial charge on any atom is -0.322 e. The number of aromatic nitrogens is 1. The van der Waals surface area contributed by atoms with Crippen LogP contribution in [0, 0.1) is 6.92 Å². The fourth-order valence-corrected chi connectivity index (χ4v) is 4.18. The summed E-state index contributed by atoms with van der Waals surface area (Å²) < 4.78 is 0. The molecule has 0 unspecified atom stereocenters. The topological polar surface area (TPSA) is 120 Å². The lowest BCUT2D eigenvalue weighted by Crippen LogP contribution is -2.33. The molecule has 0 radical (unpaired) electrons. The Hall–Kier alpha value is -4.53. The summed E-state index contributed by atoms with van der Waals surface area (Å²) in [5, 5.41) is 8.18. The number of hydrogen-bond acceptors (Lipinski definition) is 5. The van der Waals surface area contributed by atoms with E-state index in [2.05, 4.69) is 20.9 Å². The molecule has 1 aliphatic heterocycles. The van der Waals surface area contributed by atoms with Crippen LogP contribution in [0.15, 0.2) is 54.7 Å². The molecule has 0 atom stereocenters. The molecule has 2 aromatic carbocycles. The summed E-state index contributed by atoms with van der Waals surface area (Å²) in [7, 11) is 1.72. The molecule has 0 saturated heterocycles. The first-order chi connectivity index (χ1) is 17.0. The second-order valence-corrected chi connectivity index (χ2v) is 9.27. The van der Waals surface area contributed by atoms with Gasteiger partial charge in [-0.2, -0.15) is 0 Å². The van der Waals surface area contributed by atoms with Crippen LogP contribution in [0.5, 0.6) is 0 Å². The summed E-state index contributed by atoms with van der Waals surface area (Å²) >= 11 is 0. The number of fused-ring (bicyclic) bond motifs is 1. The molecule has 0 aliphatic carbocycles. The lowest BCUT2D eigenvalue weighted by Gasteiger charge is -2.16. The Morgan fingerprint density at radius 1 is 0.889 bits per heavy atom. The van der Waals surface area contributed by atoms with Crippen LogP contribution in [0.1, 0.15) is 52.6 Å². The minimum atomic E-state index is -0.718. The Labute approximate surface area is 208 Å². The van der Waals surface area contributed by atoms with Crippen molar-refractivity contribution in [3.05, 3.63) is 77.0 Å². The molecule has 1 aromatic heterocycles. The minimum absolute atomic E-state index is 0.0239. The van der Waals surface area contributed by atoms with Crippen molar-refractivity contribution in [2.75, 3.05) is 27.9 Å². The number of carbonyl (C=O) groups excluding carboxylic acids is 4. The fourth-order valence-electron chi connectivity index (χ4n) is 4.18. The number of benzene rings is 2. The molecule has 0 fully saturated rings. The molecule has 184 valence electrons. The number of aryl methyl sites for hydroxylation is 1. The predicted octanol–water partition coefficient (Wildman–Crippen LogP) is 4.11. The maximum atomic E-state index is 13.0. The third-order valence-corrected chi connectivity index (χ3v) is 6.20. The lowest BCUT2D eigenvalue weighted by molar-refractivity contribution is -0.121. The van der Waals surface area contributed by atoms with Gasteiger partial charge in [-0.15, -0.1) is 0 Å². The highest BCUT2D eigenvalue weighted by Crippen LogP contribution is 2.41. The van der Waals surface area contributed by atoms with E-state index in [0.29, 0.717) is 28.3 Å². The normalized spacial score (nSPS) is 13.7. The van der Waals surface area contributed by atoms with E-state index >= 15 is 0 Å². The number of rotatable bonds is 5. The van der Waals surface area contributed by atoms with Gasteiger partial charge in [-0.05, 0) is 74.4 Å². The van der Waals surface area contributed by atoms with Crippen molar-refractivity contribution < 1.29 is 19.2 Å². The van der Waals surface area contributed by atoms with E-state index in [4.69, 9.17) is 0 Å². The van der Waals surface area contributed by atoms with E-state index in [1.165, 1.54) is 13.1 Å². The van der Waals surface area contributed by atoms with E-state index in [0.717, 1.165) is 16.8 Å². The van der Waals surface area contributed by atoms with Crippen molar-refractivity contribution in [1.29, 1.82) is 0 Å². The second kappa shape index (κ2) is 9.26. The second-order valence-electron chi connectivity index (χ2n) is 9.27. The Morgan fingerprint density at radius 2 is 1.58 bits per heavy atom. The number of hydrogen-bond donors (Lipinski definition) is 3. The smallest absolute Gasteiger partial charge is 0.256 e. The average Bonchev–Trinajstić information content (AvgIpc) is 3.00. The average molecular weight is 486 g/mol. The standard InChI is InChI=1S/C27H27N5O4/c1-15-6-8-18(13-20(15)25(35)31-19-9-11-23(28-14-19)29-16(2)33)30-24(34)17-7-10-22-21(12-17)27(3,4)26(36)32(22)5/h6-14H,1-5H3,(H,30,34)(H,31,35)(H,28,29,33). The zero-order valence-corrected chi connectivity index (χ0v) is 20.7. The van der Waals surface area contributed by atoms with Gasteiger partial charge >= 0.3 is 0 Å². The van der Waals surface area contributed by atoms with Crippen molar-refractivity contribution in [1.82, 2.24) is 4.98 Å². The molecule has 9 nitrogen and oxygen atoms in total. The molecule has 4 rings (SSSR count). The van der Waals surface area contributed by atoms with Crippen molar-refractivity contribution >= 4 is 46.5 Å². The number of carbonyl (C=O) groups is 4. The fraction of sp³-hybridized carbons (Fsp3) is 0.222. The molecule has 0 bridgehead atoms. The first-order valence-electron chi connectivity index (χ1n) is 11.4. The molecule has 36 heavy (non-hydrogen) atoms. The van der Waals surface area contributed by atoms with Gasteiger partial charge in [0.1, 0.15) is 5.82 Å². The summed E-state index contributed by atoms with van der Waals surface area (Å²) in [5.41, 5.74) is 3.33. The molecule has 3 N–H and O–H groups in total. The molecule has 0 saturated carbocycles. The van der Waals surface area contributed by atoms with Gasteiger partial charge in [-0.3, -0.25) is 19.2 Å². The summed E-state index contributed by atoms with van der Waals surface area (Å²) in [6.45, 7) is 6.87. The van der Waals surface area contributed by atoms with Crippen LogP contribution in [0.25, 0.3) is 0 Å². The van der Waals surface area contributed by atoms with Gasteiger partial charge in [0, 0.05) is 36.5 Å². The van der Waals surface area contributed by atoms with Gasteiger partial charge in [0.25, 0.3) is 11.8 Å². The molecule has 9 heteroatoms. The zero-order valence-electron chi connectivity index (χ0n) is 20.7. The largest absolute Gasteiger partial charge is 0.322 e. The van der Waals surface area contributed by atoms with Gasteiger partial charge in [0.2, 0.25) is 11.8 Å². The van der Waals surface area contributed by atoms with Gasteiger partial charge in [0.05, 0.1) is 17.3 Å². The van der Waals surface area contributed by atoms with E-state index < -0.39 is 5.41 Å². The maximum absolute atomic E-state index is 13.0. The summed E-state index contributed by atoms with van der Waals surface area (Å²) in [6.07, 6.45) is 1.45. The lowest BCUT2D eigenvalue weighted by atomic mass is 9.85. The zero-order chi connectivity index (χ0) is 26.2. The third-order valence-electron chi connectivity index (χ3n) is 6.20. The Balaban J connectivity index is 1.50. The Morgan fingerprint density at radius 3 is 2.25 bits per heavy atom. The highest BCUT2D eigenvalue weighted by Gasteiger charge is 2.42. The summed E-state index contributed by atoms with van der Waals surface area (Å²) in [4.78, 5) is 55.3. The van der Waals surface area contributed by atoms with Crippen LogP contribution >= 0.6 is 0 Å². The summed E-state index contributed by atoms with van der Waals surface area (Å²) in [6, 6.07) is 13.5. The number of likely N-dealkylation sites (N-methyl/N-ethyl adjacent to an activating group) is 1. The predicted molar refractivity (Wildman–Crippen MR) is 139 cm³/mol. The van der Waals surface area contributed by atoms with Gasteiger partial charge in [-0.25, -0.2) is 4.98 Å². The van der Waals surface area contributed by atoms with Crippen LogP contribution in [0.2, 0.25) is 0 Å². The van der Waals surface area contributed by atoms with Crippen LogP contribution < -0.4 is 20.9 Å². The quantitative estimate of drug-likeness (QED) is 0.502. The molecule has 3 aromatic rings. The van der Waals surface area contributed by atoms with Crippen LogP contribution in [0.4, 0.5) is 22.9 Å². The van der Waals surface area contributed by atoms with Crippen LogP contribution in [0.3, 0.4) is 0 Å². The van der Waals surface area contributed by atoms with Gasteiger partial charge in [-0.1, -0.05) is 6.07 Å². The molecule has 2 heterocycles. The number of nitrogens with one attached hydrogen (secondary N) is 3. The van der Waals surface area contributed by atoms with Gasteiger partial charge < -0.3 is 20.9 Å².